The highest BCUT2D eigenvalue weighted by molar-refractivity contribution is 6.14. The van der Waals surface area contributed by atoms with E-state index in [0.717, 1.165) is 57.2 Å². The number of rotatable bonds is 2. The predicted molar refractivity (Wildman–Crippen MR) is 141 cm³/mol. The van der Waals surface area contributed by atoms with Gasteiger partial charge in [-0.25, -0.2) is 4.57 Å². The molecule has 172 valence electrons. The van der Waals surface area contributed by atoms with Gasteiger partial charge in [-0.2, -0.15) is 5.26 Å². The molecule has 0 aliphatic heterocycles. The third kappa shape index (κ3) is 3.28. The zero-order valence-electron chi connectivity index (χ0n) is 21.0. The zero-order chi connectivity index (χ0) is 24.5. The minimum Gasteiger partial charge on any atom is -0.454 e. The standard InChI is InChI=1S/C32H29N2O/c1-19-14-22-16-32(3,4)17-26(22)25(15-19)29-21(18-33)10-12-24-23-11-9-20(2)28(30(23)35-31(24)29)27-8-6-7-13-34(27)5/h6-15H,16-17H2,1-5H3/q+1. The molecule has 0 N–H and O–H groups in total. The van der Waals surface area contributed by atoms with Gasteiger partial charge in [-0.05, 0) is 72.6 Å². The van der Waals surface area contributed by atoms with Gasteiger partial charge in [-0.3, -0.25) is 0 Å². The van der Waals surface area contributed by atoms with Gasteiger partial charge < -0.3 is 4.42 Å². The largest absolute Gasteiger partial charge is 0.454 e. The average molecular weight is 458 g/mol. The van der Waals surface area contributed by atoms with Crippen molar-refractivity contribution in [3.05, 3.63) is 88.6 Å². The average Bonchev–Trinajstić information content (AvgIpc) is 3.34. The maximum Gasteiger partial charge on any atom is 0.216 e. The van der Waals surface area contributed by atoms with Crippen LogP contribution in [-0.2, 0) is 19.9 Å². The van der Waals surface area contributed by atoms with Crippen LogP contribution in [0.2, 0.25) is 0 Å². The smallest absolute Gasteiger partial charge is 0.216 e. The van der Waals surface area contributed by atoms with Gasteiger partial charge in [-0.1, -0.05) is 43.7 Å². The summed E-state index contributed by atoms with van der Waals surface area (Å²) in [5.41, 5.74) is 12.0. The third-order valence-electron chi connectivity index (χ3n) is 7.53. The second-order valence-corrected chi connectivity index (χ2v) is 10.9. The number of hydrogen-bond donors (Lipinski definition) is 0. The Hall–Kier alpha value is -3.90. The van der Waals surface area contributed by atoms with E-state index in [1.807, 2.05) is 18.2 Å². The number of aryl methyl sites for hydroxylation is 3. The summed E-state index contributed by atoms with van der Waals surface area (Å²) in [7, 11) is 2.06. The number of hydrogen-bond acceptors (Lipinski definition) is 2. The number of nitrogens with zero attached hydrogens (tertiary/aromatic N) is 2. The fraction of sp³-hybridized carbons (Fsp3) is 0.250. The van der Waals surface area contributed by atoms with Gasteiger partial charge in [0.1, 0.15) is 18.2 Å². The van der Waals surface area contributed by atoms with Crippen molar-refractivity contribution in [3.8, 4) is 28.5 Å². The maximum absolute atomic E-state index is 10.2. The molecule has 0 amide bonds. The van der Waals surface area contributed by atoms with Crippen LogP contribution >= 0.6 is 0 Å². The van der Waals surface area contributed by atoms with Crippen LogP contribution in [-0.4, -0.2) is 0 Å². The SMILES string of the molecule is Cc1cc2c(c(-c3c(C#N)ccc4c3oc3c(-c5cccc[n+]5C)c(C)ccc34)c1)CC(C)(C)C2. The number of furan rings is 1. The molecule has 0 saturated heterocycles. The summed E-state index contributed by atoms with van der Waals surface area (Å²) in [5.74, 6) is 0. The van der Waals surface area contributed by atoms with Crippen molar-refractivity contribution in [3.63, 3.8) is 0 Å². The highest BCUT2D eigenvalue weighted by atomic mass is 16.3. The van der Waals surface area contributed by atoms with Gasteiger partial charge in [0.2, 0.25) is 5.69 Å². The van der Waals surface area contributed by atoms with E-state index in [4.69, 9.17) is 4.42 Å². The molecule has 0 spiro atoms. The lowest BCUT2D eigenvalue weighted by molar-refractivity contribution is -0.660. The van der Waals surface area contributed by atoms with Crippen molar-refractivity contribution in [1.29, 1.82) is 5.26 Å². The Morgan fingerprint density at radius 1 is 0.914 bits per heavy atom. The Labute approximate surface area is 206 Å². The van der Waals surface area contributed by atoms with E-state index in [9.17, 15) is 5.26 Å². The monoisotopic (exact) mass is 457 g/mol. The van der Waals surface area contributed by atoms with Crippen molar-refractivity contribution >= 4 is 21.9 Å². The number of fused-ring (bicyclic) bond motifs is 4. The van der Waals surface area contributed by atoms with E-state index in [-0.39, 0.29) is 5.41 Å². The Morgan fingerprint density at radius 3 is 2.40 bits per heavy atom. The van der Waals surface area contributed by atoms with E-state index in [2.05, 4.69) is 88.0 Å². The first-order chi connectivity index (χ1) is 16.8. The Bertz CT molecular complexity index is 1710. The van der Waals surface area contributed by atoms with E-state index in [1.54, 1.807) is 0 Å². The van der Waals surface area contributed by atoms with E-state index in [0.29, 0.717) is 5.56 Å². The molecule has 2 heterocycles. The second kappa shape index (κ2) is 7.55. The molecular formula is C32H29N2O+. The summed E-state index contributed by atoms with van der Waals surface area (Å²) in [6.07, 6.45) is 4.12. The molecule has 1 aliphatic carbocycles. The first-order valence-corrected chi connectivity index (χ1v) is 12.2. The predicted octanol–water partition coefficient (Wildman–Crippen LogP) is 7.36. The molecule has 0 bridgehead atoms. The molecule has 35 heavy (non-hydrogen) atoms. The first-order valence-electron chi connectivity index (χ1n) is 12.2. The van der Waals surface area contributed by atoms with Crippen LogP contribution in [0.15, 0.2) is 65.2 Å². The lowest BCUT2D eigenvalue weighted by Gasteiger charge is -2.16. The van der Waals surface area contributed by atoms with E-state index >= 15 is 0 Å². The lowest BCUT2D eigenvalue weighted by Crippen LogP contribution is -2.30. The first kappa shape index (κ1) is 21.6. The van der Waals surface area contributed by atoms with Crippen LogP contribution in [0.1, 0.15) is 41.7 Å². The van der Waals surface area contributed by atoms with Crippen molar-refractivity contribution < 1.29 is 8.98 Å². The molecule has 0 saturated carbocycles. The van der Waals surface area contributed by atoms with Gasteiger partial charge in [-0.15, -0.1) is 0 Å². The summed E-state index contributed by atoms with van der Waals surface area (Å²) in [5, 5.41) is 12.3. The summed E-state index contributed by atoms with van der Waals surface area (Å²) < 4.78 is 8.92. The molecule has 0 atom stereocenters. The van der Waals surface area contributed by atoms with Gasteiger partial charge in [0.05, 0.1) is 17.2 Å². The molecule has 0 radical (unpaired) electrons. The van der Waals surface area contributed by atoms with Crippen molar-refractivity contribution in [2.75, 3.05) is 0 Å². The fourth-order valence-electron chi connectivity index (χ4n) is 6.00. The van der Waals surface area contributed by atoms with Crippen molar-refractivity contribution in [2.24, 2.45) is 12.5 Å². The fourth-order valence-corrected chi connectivity index (χ4v) is 6.00. The topological polar surface area (TPSA) is 40.8 Å². The number of pyridine rings is 1. The molecule has 0 fully saturated rings. The van der Waals surface area contributed by atoms with Gasteiger partial charge in [0.15, 0.2) is 6.20 Å². The maximum atomic E-state index is 10.2. The van der Waals surface area contributed by atoms with Gasteiger partial charge in [0.25, 0.3) is 0 Å². The second-order valence-electron chi connectivity index (χ2n) is 10.9. The van der Waals surface area contributed by atoms with Crippen LogP contribution < -0.4 is 4.57 Å². The summed E-state index contributed by atoms with van der Waals surface area (Å²) >= 11 is 0. The molecule has 2 aromatic heterocycles. The number of benzene rings is 3. The molecule has 5 aromatic rings. The Balaban J connectivity index is 1.73. The van der Waals surface area contributed by atoms with Crippen LogP contribution in [0.4, 0.5) is 0 Å². The molecular weight excluding hydrogens is 428 g/mol. The molecule has 0 unspecified atom stereocenters. The van der Waals surface area contributed by atoms with Crippen molar-refractivity contribution in [1.82, 2.24) is 0 Å². The summed E-state index contributed by atoms with van der Waals surface area (Å²) in [6, 6.07) is 21.6. The van der Waals surface area contributed by atoms with Gasteiger partial charge >= 0.3 is 0 Å². The molecule has 3 aromatic carbocycles. The van der Waals surface area contributed by atoms with Gasteiger partial charge in [0, 0.05) is 28.5 Å². The molecule has 1 aliphatic rings. The Kier molecular flexibility index (Phi) is 4.66. The molecule has 3 heteroatoms. The number of nitriles is 1. The van der Waals surface area contributed by atoms with Crippen LogP contribution in [0.3, 0.4) is 0 Å². The summed E-state index contributed by atoms with van der Waals surface area (Å²) in [6.45, 7) is 8.94. The highest BCUT2D eigenvalue weighted by Crippen LogP contribution is 2.46. The normalized spacial score (nSPS) is 14.4. The molecule has 3 nitrogen and oxygen atoms in total. The third-order valence-corrected chi connectivity index (χ3v) is 7.53. The zero-order valence-corrected chi connectivity index (χ0v) is 21.0. The lowest BCUT2D eigenvalue weighted by atomic mass is 9.88. The van der Waals surface area contributed by atoms with Crippen LogP contribution in [0, 0.1) is 30.6 Å². The highest BCUT2D eigenvalue weighted by Gasteiger charge is 2.32. The quantitative estimate of drug-likeness (QED) is 0.260. The number of aromatic nitrogens is 1. The molecule has 6 rings (SSSR count). The van der Waals surface area contributed by atoms with E-state index < -0.39 is 0 Å². The summed E-state index contributed by atoms with van der Waals surface area (Å²) in [4.78, 5) is 0. The van der Waals surface area contributed by atoms with Crippen LogP contribution in [0.5, 0.6) is 0 Å². The van der Waals surface area contributed by atoms with Crippen LogP contribution in [0.25, 0.3) is 44.3 Å². The Morgan fingerprint density at radius 2 is 1.66 bits per heavy atom. The van der Waals surface area contributed by atoms with Crippen molar-refractivity contribution in [2.45, 2.75) is 40.5 Å². The minimum atomic E-state index is 0.214. The van der Waals surface area contributed by atoms with E-state index in [1.165, 1.54) is 22.3 Å². The minimum absolute atomic E-state index is 0.214.